The van der Waals surface area contributed by atoms with Gasteiger partial charge in [-0.15, -0.1) is 0 Å². The Morgan fingerprint density at radius 1 is 0.362 bits per heavy atom. The zero-order valence-corrected chi connectivity index (χ0v) is 39.0. The van der Waals surface area contributed by atoms with Gasteiger partial charge in [-0.05, 0) is 140 Å². The van der Waals surface area contributed by atoms with Gasteiger partial charge in [-0.25, -0.2) is 0 Å². The number of para-hydroxylation sites is 3. The number of hydrogen-bond acceptors (Lipinski definition) is 4. The lowest BCUT2D eigenvalue weighted by Gasteiger charge is -2.30. The minimum absolute atomic E-state index is 0.0771. The molecular formula is C65H44N2OS. The molecule has 0 bridgehead atoms. The molecule has 1 aliphatic carbocycles. The Kier molecular flexibility index (Phi) is 8.87. The topological polar surface area (TPSA) is 19.6 Å². The van der Waals surface area contributed by atoms with Crippen molar-refractivity contribution in [3.8, 4) is 33.4 Å². The largest absolute Gasteiger partial charge is 0.456 e. The molecule has 4 heteroatoms. The van der Waals surface area contributed by atoms with Crippen LogP contribution in [0.15, 0.2) is 245 Å². The van der Waals surface area contributed by atoms with Crippen molar-refractivity contribution < 1.29 is 4.42 Å². The predicted molar refractivity (Wildman–Crippen MR) is 291 cm³/mol. The summed E-state index contributed by atoms with van der Waals surface area (Å²) in [5.74, 6) is 0. The third kappa shape index (κ3) is 6.22. The van der Waals surface area contributed by atoms with E-state index in [0.29, 0.717) is 0 Å². The molecule has 0 amide bonds. The lowest BCUT2D eigenvalue weighted by Crippen LogP contribution is -2.15. The van der Waals surface area contributed by atoms with Crippen molar-refractivity contribution in [1.82, 2.24) is 0 Å². The molecule has 69 heavy (non-hydrogen) atoms. The standard InChI is InChI=1S/C65H44N2OS/c1-65(2)57-24-12-9-21-49(57)55-38-45(32-35-58(55)65)67(59-25-13-10-20-48(59)41-16-5-3-6-17-41)47-31-34-52-56-36-42-28-29-44(37-54(42)53-23-15-27-62(64(53)56)69-63(52)40-47)66(43-18-7-4-8-19-43)46-30-33-51-50-22-11-14-26-60(50)68-61(51)39-46/h3-40H,1-2H3. The second-order valence-corrected chi connectivity index (χ2v) is 19.9. The van der Waals surface area contributed by atoms with Crippen molar-refractivity contribution in [2.24, 2.45) is 0 Å². The Morgan fingerprint density at radius 2 is 1.01 bits per heavy atom. The average Bonchev–Trinajstić information content (AvgIpc) is 3.88. The van der Waals surface area contributed by atoms with E-state index < -0.39 is 0 Å². The zero-order chi connectivity index (χ0) is 45.8. The summed E-state index contributed by atoms with van der Waals surface area (Å²) in [5.41, 5.74) is 18.6. The van der Waals surface area contributed by atoms with Gasteiger partial charge in [-0.2, -0.15) is 0 Å². The van der Waals surface area contributed by atoms with Gasteiger partial charge in [0.05, 0.1) is 5.69 Å². The van der Waals surface area contributed by atoms with E-state index in [2.05, 4.69) is 242 Å². The quantitative estimate of drug-likeness (QED) is 0.148. The zero-order valence-electron chi connectivity index (χ0n) is 38.2. The van der Waals surface area contributed by atoms with Crippen LogP contribution in [0.3, 0.4) is 0 Å². The van der Waals surface area contributed by atoms with Crippen molar-refractivity contribution >= 4 is 89.4 Å². The van der Waals surface area contributed by atoms with Gasteiger partial charge in [0, 0.05) is 71.4 Å². The maximum Gasteiger partial charge on any atom is 0.137 e. The van der Waals surface area contributed by atoms with Crippen LogP contribution in [0.2, 0.25) is 0 Å². The van der Waals surface area contributed by atoms with Crippen molar-refractivity contribution in [1.29, 1.82) is 0 Å². The van der Waals surface area contributed by atoms with Crippen molar-refractivity contribution in [3.63, 3.8) is 0 Å². The van der Waals surface area contributed by atoms with Gasteiger partial charge in [0.2, 0.25) is 0 Å². The van der Waals surface area contributed by atoms with E-state index in [9.17, 15) is 0 Å². The molecular weight excluding hydrogens is 857 g/mol. The normalized spacial score (nSPS) is 13.1. The molecule has 12 aromatic rings. The van der Waals surface area contributed by atoms with Crippen LogP contribution in [-0.2, 0) is 5.41 Å². The average molecular weight is 901 g/mol. The molecule has 0 N–H and O–H groups in total. The second-order valence-electron chi connectivity index (χ2n) is 18.9. The molecule has 0 spiro atoms. The molecule has 0 radical (unpaired) electrons. The predicted octanol–water partition coefficient (Wildman–Crippen LogP) is 18.9. The van der Waals surface area contributed by atoms with Gasteiger partial charge >= 0.3 is 0 Å². The van der Waals surface area contributed by atoms with E-state index in [1.807, 2.05) is 23.9 Å². The molecule has 0 saturated carbocycles. The number of benzene rings is 11. The highest BCUT2D eigenvalue weighted by atomic mass is 32.2. The minimum Gasteiger partial charge on any atom is -0.456 e. The number of anilines is 6. The third-order valence-electron chi connectivity index (χ3n) is 14.6. The summed E-state index contributed by atoms with van der Waals surface area (Å²) in [6.07, 6.45) is 0. The first-order valence-electron chi connectivity index (χ1n) is 23.7. The molecule has 2 aliphatic rings. The molecule has 0 fully saturated rings. The van der Waals surface area contributed by atoms with Gasteiger partial charge in [-0.1, -0.05) is 165 Å². The molecule has 326 valence electrons. The van der Waals surface area contributed by atoms with Crippen molar-refractivity contribution in [2.75, 3.05) is 9.80 Å². The van der Waals surface area contributed by atoms with Crippen LogP contribution in [-0.4, -0.2) is 0 Å². The third-order valence-corrected chi connectivity index (χ3v) is 15.7. The molecule has 2 heterocycles. The van der Waals surface area contributed by atoms with E-state index in [-0.39, 0.29) is 5.41 Å². The lowest BCUT2D eigenvalue weighted by atomic mass is 9.82. The van der Waals surface area contributed by atoms with Crippen LogP contribution in [0.5, 0.6) is 0 Å². The van der Waals surface area contributed by atoms with E-state index in [0.717, 1.165) is 56.1 Å². The number of hydrogen-bond donors (Lipinski definition) is 0. The SMILES string of the molecule is CC1(C)c2ccccc2-c2cc(N(c3ccc4c(c3)Sc3cccc5c3c-4cc3ccc(N(c4ccccc4)c4ccc6c(c4)oc4ccccc46)cc35)c3ccccc3-c3ccccc3)ccc21. The second kappa shape index (κ2) is 15.4. The first-order valence-corrected chi connectivity index (χ1v) is 24.6. The number of rotatable bonds is 7. The maximum atomic E-state index is 6.41. The smallest absolute Gasteiger partial charge is 0.137 e. The number of nitrogens with zero attached hydrogens (tertiary/aromatic N) is 2. The van der Waals surface area contributed by atoms with Gasteiger partial charge < -0.3 is 14.2 Å². The van der Waals surface area contributed by atoms with E-state index in [1.54, 1.807) is 0 Å². The molecule has 1 aliphatic heterocycles. The first-order chi connectivity index (χ1) is 34.0. The summed E-state index contributed by atoms with van der Waals surface area (Å²) in [7, 11) is 0. The summed E-state index contributed by atoms with van der Waals surface area (Å²) in [4.78, 5) is 7.33. The Balaban J connectivity index is 0.911. The molecule has 0 unspecified atom stereocenters. The highest BCUT2D eigenvalue weighted by Gasteiger charge is 2.36. The summed E-state index contributed by atoms with van der Waals surface area (Å²) in [5, 5.41) is 7.24. The van der Waals surface area contributed by atoms with Gasteiger partial charge in [0.15, 0.2) is 0 Å². The lowest BCUT2D eigenvalue weighted by molar-refractivity contribution is 0.660. The van der Waals surface area contributed by atoms with Crippen molar-refractivity contribution in [3.05, 3.63) is 242 Å². The summed E-state index contributed by atoms with van der Waals surface area (Å²) in [6.45, 7) is 4.70. The van der Waals surface area contributed by atoms with Gasteiger partial charge in [0.1, 0.15) is 11.2 Å². The molecule has 3 nitrogen and oxygen atoms in total. The van der Waals surface area contributed by atoms with Crippen LogP contribution in [0.1, 0.15) is 25.0 Å². The monoisotopic (exact) mass is 900 g/mol. The molecule has 0 saturated heterocycles. The number of furan rings is 1. The van der Waals surface area contributed by atoms with E-state index in [4.69, 9.17) is 4.42 Å². The van der Waals surface area contributed by atoms with Crippen LogP contribution in [0.25, 0.3) is 76.9 Å². The minimum atomic E-state index is -0.0771. The summed E-state index contributed by atoms with van der Waals surface area (Å²) >= 11 is 1.88. The summed E-state index contributed by atoms with van der Waals surface area (Å²) in [6, 6.07) is 84.4. The van der Waals surface area contributed by atoms with Gasteiger partial charge in [-0.3, -0.25) is 0 Å². The Labute approximate surface area is 405 Å². The van der Waals surface area contributed by atoms with Crippen molar-refractivity contribution in [2.45, 2.75) is 29.1 Å². The fraction of sp³-hybridized carbons (Fsp3) is 0.0462. The fourth-order valence-corrected chi connectivity index (χ4v) is 12.5. The molecule has 11 aromatic carbocycles. The van der Waals surface area contributed by atoms with E-state index in [1.165, 1.54) is 75.8 Å². The molecule has 1 aromatic heterocycles. The Morgan fingerprint density at radius 3 is 1.90 bits per heavy atom. The highest BCUT2D eigenvalue weighted by Crippen LogP contribution is 2.54. The van der Waals surface area contributed by atoms with Crippen LogP contribution < -0.4 is 9.80 Å². The van der Waals surface area contributed by atoms with Gasteiger partial charge in [0.25, 0.3) is 0 Å². The fourth-order valence-electron chi connectivity index (χ4n) is 11.4. The first kappa shape index (κ1) is 39.8. The van der Waals surface area contributed by atoms with Crippen LogP contribution in [0, 0.1) is 0 Å². The maximum absolute atomic E-state index is 6.41. The van der Waals surface area contributed by atoms with Crippen LogP contribution >= 0.6 is 11.8 Å². The molecule has 14 rings (SSSR count). The Bertz CT molecular complexity index is 4040. The summed E-state index contributed by atoms with van der Waals surface area (Å²) < 4.78 is 6.41. The Hall–Kier alpha value is -8.31. The highest BCUT2D eigenvalue weighted by molar-refractivity contribution is 7.99. The molecule has 0 atom stereocenters. The van der Waals surface area contributed by atoms with Crippen LogP contribution in [0.4, 0.5) is 34.1 Å². The van der Waals surface area contributed by atoms with E-state index >= 15 is 0 Å². The number of fused-ring (bicyclic) bond motifs is 10.